The van der Waals surface area contributed by atoms with Gasteiger partial charge in [-0.3, -0.25) is 9.13 Å². The maximum absolute atomic E-state index is 12.1. The highest BCUT2D eigenvalue weighted by atomic mass is 32.1. The zero-order valence-corrected chi connectivity index (χ0v) is 11.0. The zero-order chi connectivity index (χ0) is 12.5. The number of nitrogens with one attached hydrogen (secondary N) is 1. The predicted molar refractivity (Wildman–Crippen MR) is 70.1 cm³/mol. The molecule has 2 aromatic heterocycles. The van der Waals surface area contributed by atoms with E-state index in [2.05, 4.69) is 14.9 Å². The van der Waals surface area contributed by atoms with Crippen molar-refractivity contribution in [2.24, 2.45) is 0 Å². The highest BCUT2D eigenvalue weighted by Gasteiger charge is 2.25. The summed E-state index contributed by atoms with van der Waals surface area (Å²) in [6.45, 7) is 3.34. The molecule has 2 aromatic rings. The van der Waals surface area contributed by atoms with E-state index in [9.17, 15) is 4.79 Å². The molecule has 0 unspecified atom stereocenters. The lowest BCUT2D eigenvalue weighted by molar-refractivity contribution is 0.650. The van der Waals surface area contributed by atoms with Crippen LogP contribution in [-0.2, 0) is 6.54 Å². The van der Waals surface area contributed by atoms with Crippen molar-refractivity contribution < 1.29 is 0 Å². The van der Waals surface area contributed by atoms with E-state index in [1.165, 1.54) is 11.5 Å². The van der Waals surface area contributed by atoms with Crippen LogP contribution in [-0.4, -0.2) is 25.3 Å². The van der Waals surface area contributed by atoms with Gasteiger partial charge in [-0.2, -0.15) is 0 Å². The molecule has 7 heteroatoms. The van der Waals surface area contributed by atoms with Crippen LogP contribution in [0.25, 0.3) is 0 Å². The molecular formula is C11H15N5OS. The number of nitrogens with zero attached hydrogens (tertiary/aromatic N) is 4. The SMILES string of the molecule is CCNc1snnc1Cn1ccn(C2CC2)c1=O. The van der Waals surface area contributed by atoms with Gasteiger partial charge < -0.3 is 5.32 Å². The van der Waals surface area contributed by atoms with Gasteiger partial charge in [-0.05, 0) is 19.8 Å². The highest BCUT2D eigenvalue weighted by molar-refractivity contribution is 7.10. The quantitative estimate of drug-likeness (QED) is 0.885. The summed E-state index contributed by atoms with van der Waals surface area (Å²) in [4.78, 5) is 12.1. The molecule has 1 aliphatic rings. The monoisotopic (exact) mass is 265 g/mol. The second-order valence-electron chi connectivity index (χ2n) is 4.43. The van der Waals surface area contributed by atoms with Crippen LogP contribution < -0.4 is 11.0 Å². The van der Waals surface area contributed by atoms with Crippen molar-refractivity contribution in [2.45, 2.75) is 32.4 Å². The first-order valence-electron chi connectivity index (χ1n) is 6.12. The van der Waals surface area contributed by atoms with E-state index in [0.29, 0.717) is 12.6 Å². The third kappa shape index (κ3) is 2.05. The normalized spacial score (nSPS) is 14.9. The fraction of sp³-hybridized carbons (Fsp3) is 0.545. The molecule has 18 heavy (non-hydrogen) atoms. The summed E-state index contributed by atoms with van der Waals surface area (Å²) in [6.07, 6.45) is 5.93. The third-order valence-electron chi connectivity index (χ3n) is 3.03. The number of hydrogen-bond acceptors (Lipinski definition) is 5. The molecule has 0 aromatic carbocycles. The Kier molecular flexibility index (Phi) is 2.91. The average Bonchev–Trinajstić information content (AvgIpc) is 3.02. The first-order valence-corrected chi connectivity index (χ1v) is 6.89. The summed E-state index contributed by atoms with van der Waals surface area (Å²) >= 11 is 1.33. The fourth-order valence-electron chi connectivity index (χ4n) is 1.95. The second-order valence-corrected chi connectivity index (χ2v) is 5.18. The van der Waals surface area contributed by atoms with Gasteiger partial charge in [-0.1, -0.05) is 4.49 Å². The minimum Gasteiger partial charge on any atom is -0.374 e. The van der Waals surface area contributed by atoms with Crippen molar-refractivity contribution in [3.05, 3.63) is 28.6 Å². The summed E-state index contributed by atoms with van der Waals surface area (Å²) in [5.41, 5.74) is 0.880. The Hall–Kier alpha value is -1.63. The molecule has 96 valence electrons. The summed E-state index contributed by atoms with van der Waals surface area (Å²) < 4.78 is 7.43. The van der Waals surface area contributed by atoms with Crippen LogP contribution in [0.2, 0.25) is 0 Å². The smallest absolute Gasteiger partial charge is 0.328 e. The standard InChI is InChI=1S/C11H15N5OS/c1-2-12-10-9(13-14-18-10)7-15-5-6-16(11(15)17)8-3-4-8/h5-6,8,12H,2-4,7H2,1H3. The number of aromatic nitrogens is 4. The zero-order valence-electron chi connectivity index (χ0n) is 10.2. The Morgan fingerprint density at radius 2 is 2.33 bits per heavy atom. The van der Waals surface area contributed by atoms with Crippen LogP contribution in [0.15, 0.2) is 17.2 Å². The van der Waals surface area contributed by atoms with Crippen LogP contribution in [0.5, 0.6) is 0 Å². The van der Waals surface area contributed by atoms with E-state index in [0.717, 1.165) is 30.1 Å². The molecule has 1 saturated carbocycles. The molecule has 3 rings (SSSR count). The lowest BCUT2D eigenvalue weighted by Gasteiger charge is -2.02. The first kappa shape index (κ1) is 11.5. The first-order chi connectivity index (χ1) is 8.79. The van der Waals surface area contributed by atoms with Crippen molar-refractivity contribution in [3.8, 4) is 0 Å². The Bertz CT molecular complexity index is 595. The molecule has 6 nitrogen and oxygen atoms in total. The van der Waals surface area contributed by atoms with E-state index in [-0.39, 0.29) is 5.69 Å². The molecule has 0 spiro atoms. The van der Waals surface area contributed by atoms with Crippen LogP contribution >= 0.6 is 11.5 Å². The van der Waals surface area contributed by atoms with Crippen LogP contribution in [0, 0.1) is 0 Å². The van der Waals surface area contributed by atoms with Gasteiger partial charge in [0.05, 0.1) is 6.54 Å². The molecule has 1 N–H and O–H groups in total. The molecule has 0 aliphatic heterocycles. The predicted octanol–water partition coefficient (Wildman–Crippen LogP) is 1.32. The number of hydrogen-bond donors (Lipinski definition) is 1. The molecule has 0 atom stereocenters. The van der Waals surface area contributed by atoms with Crippen molar-refractivity contribution >= 4 is 16.5 Å². The largest absolute Gasteiger partial charge is 0.374 e. The summed E-state index contributed by atoms with van der Waals surface area (Å²) in [7, 11) is 0. The Balaban J connectivity index is 1.83. The van der Waals surface area contributed by atoms with E-state index < -0.39 is 0 Å². The minimum atomic E-state index is 0.0490. The number of rotatable bonds is 5. The van der Waals surface area contributed by atoms with Crippen LogP contribution in [0.3, 0.4) is 0 Å². The van der Waals surface area contributed by atoms with Gasteiger partial charge in [0.2, 0.25) is 0 Å². The van der Waals surface area contributed by atoms with Gasteiger partial charge in [0.25, 0.3) is 0 Å². The van der Waals surface area contributed by atoms with Crippen molar-refractivity contribution in [2.75, 3.05) is 11.9 Å². The van der Waals surface area contributed by atoms with Crippen molar-refractivity contribution in [1.29, 1.82) is 0 Å². The van der Waals surface area contributed by atoms with Gasteiger partial charge in [0, 0.05) is 36.5 Å². The molecule has 0 saturated heterocycles. The van der Waals surface area contributed by atoms with E-state index >= 15 is 0 Å². The number of anilines is 1. The van der Waals surface area contributed by atoms with Gasteiger partial charge in [-0.25, -0.2) is 4.79 Å². The maximum Gasteiger partial charge on any atom is 0.328 e. The van der Waals surface area contributed by atoms with Gasteiger partial charge >= 0.3 is 5.69 Å². The van der Waals surface area contributed by atoms with E-state index in [1.54, 1.807) is 4.57 Å². The lowest BCUT2D eigenvalue weighted by atomic mass is 10.4. The van der Waals surface area contributed by atoms with Crippen molar-refractivity contribution in [1.82, 2.24) is 18.7 Å². The lowest BCUT2D eigenvalue weighted by Crippen LogP contribution is -2.24. The van der Waals surface area contributed by atoms with Crippen LogP contribution in [0.4, 0.5) is 5.00 Å². The minimum absolute atomic E-state index is 0.0490. The molecule has 0 radical (unpaired) electrons. The molecule has 1 fully saturated rings. The van der Waals surface area contributed by atoms with E-state index in [4.69, 9.17) is 0 Å². The topological polar surface area (TPSA) is 64.7 Å². The maximum atomic E-state index is 12.1. The average molecular weight is 265 g/mol. The van der Waals surface area contributed by atoms with Gasteiger partial charge in [0.15, 0.2) is 0 Å². The summed E-state index contributed by atoms with van der Waals surface area (Å²) in [5.74, 6) is 0. The molecule has 2 heterocycles. The van der Waals surface area contributed by atoms with Crippen molar-refractivity contribution in [3.63, 3.8) is 0 Å². The Labute approximate surface area is 108 Å². The van der Waals surface area contributed by atoms with Gasteiger partial charge in [-0.15, -0.1) is 5.10 Å². The molecule has 0 amide bonds. The molecule has 0 bridgehead atoms. The summed E-state index contributed by atoms with van der Waals surface area (Å²) in [5, 5.41) is 8.23. The van der Waals surface area contributed by atoms with Crippen LogP contribution in [0.1, 0.15) is 31.5 Å². The highest BCUT2D eigenvalue weighted by Crippen LogP contribution is 2.33. The van der Waals surface area contributed by atoms with E-state index in [1.807, 2.05) is 23.9 Å². The molecular weight excluding hydrogens is 250 g/mol. The second kappa shape index (κ2) is 4.56. The summed E-state index contributed by atoms with van der Waals surface area (Å²) in [6, 6.07) is 0.417. The van der Waals surface area contributed by atoms with Gasteiger partial charge in [0.1, 0.15) is 10.7 Å². The Morgan fingerprint density at radius 3 is 3.06 bits per heavy atom. The molecule has 1 aliphatic carbocycles. The third-order valence-corrected chi connectivity index (χ3v) is 3.75. The Morgan fingerprint density at radius 1 is 1.50 bits per heavy atom. The fourth-order valence-corrected chi connectivity index (χ4v) is 2.59. The number of imidazole rings is 1.